The fourth-order valence-corrected chi connectivity index (χ4v) is 4.52. The molecule has 1 aromatic heterocycles. The van der Waals surface area contributed by atoms with Crippen LogP contribution in [0.4, 0.5) is 5.69 Å². The number of nitrogens with zero attached hydrogens (tertiary/aromatic N) is 1. The predicted molar refractivity (Wildman–Crippen MR) is 98.4 cm³/mol. The number of carbonyl (C=O) groups excluding carboxylic acids is 1. The van der Waals surface area contributed by atoms with Crippen LogP contribution in [0, 0.1) is 0 Å². The highest BCUT2D eigenvalue weighted by Gasteiger charge is 2.42. The van der Waals surface area contributed by atoms with Gasteiger partial charge in [0.25, 0.3) is 0 Å². The van der Waals surface area contributed by atoms with Gasteiger partial charge in [-0.15, -0.1) is 0 Å². The zero-order valence-corrected chi connectivity index (χ0v) is 14.2. The SMILES string of the molecule is COC(=O)c1ccc2c(c1)NC1(CCCC1)c1cc3ccccc3n1-2. The third kappa shape index (κ3) is 1.97. The Morgan fingerprint density at radius 1 is 1.12 bits per heavy atom. The maximum atomic E-state index is 12.0. The summed E-state index contributed by atoms with van der Waals surface area (Å²) in [4.78, 5) is 12.0. The second kappa shape index (κ2) is 5.12. The lowest BCUT2D eigenvalue weighted by molar-refractivity contribution is 0.0601. The standard InChI is InChI=1S/C21H20N2O2/c1-25-20(24)15-8-9-18-16(12-15)22-21(10-4-5-11-21)19-13-14-6-2-3-7-17(14)23(18)19/h2-3,6-9,12-13,22H,4-5,10-11H2,1H3. The van der Waals surface area contributed by atoms with Crippen LogP contribution in [-0.2, 0) is 10.3 Å². The molecular weight excluding hydrogens is 312 g/mol. The van der Waals surface area contributed by atoms with E-state index in [4.69, 9.17) is 4.74 Å². The first-order chi connectivity index (χ1) is 12.2. The molecule has 5 rings (SSSR count). The van der Waals surface area contributed by atoms with Crippen molar-refractivity contribution < 1.29 is 9.53 Å². The van der Waals surface area contributed by atoms with E-state index >= 15 is 0 Å². The number of aromatic nitrogens is 1. The van der Waals surface area contributed by atoms with Crippen LogP contribution < -0.4 is 5.32 Å². The normalized spacial score (nSPS) is 17.2. The number of esters is 1. The van der Waals surface area contributed by atoms with Gasteiger partial charge in [-0.25, -0.2) is 4.79 Å². The van der Waals surface area contributed by atoms with Gasteiger partial charge < -0.3 is 14.6 Å². The Hall–Kier alpha value is -2.75. The van der Waals surface area contributed by atoms with Crippen LogP contribution in [0.1, 0.15) is 41.7 Å². The number of hydrogen-bond acceptors (Lipinski definition) is 3. The molecule has 4 nitrogen and oxygen atoms in total. The first-order valence-electron chi connectivity index (χ1n) is 8.84. The van der Waals surface area contributed by atoms with Crippen molar-refractivity contribution in [3.8, 4) is 5.69 Å². The van der Waals surface area contributed by atoms with E-state index in [2.05, 4.69) is 40.2 Å². The molecule has 0 radical (unpaired) electrons. The maximum Gasteiger partial charge on any atom is 0.337 e. The Labute approximate surface area is 146 Å². The molecule has 3 aromatic rings. The second-order valence-electron chi connectivity index (χ2n) is 7.06. The minimum absolute atomic E-state index is 0.0409. The molecule has 0 atom stereocenters. The molecule has 126 valence electrons. The number of para-hydroxylation sites is 1. The zero-order valence-electron chi connectivity index (χ0n) is 14.2. The van der Waals surface area contributed by atoms with Crippen molar-refractivity contribution in [1.82, 2.24) is 4.57 Å². The predicted octanol–water partition coefficient (Wildman–Crippen LogP) is 4.61. The highest BCUT2D eigenvalue weighted by atomic mass is 16.5. The molecule has 1 aliphatic heterocycles. The van der Waals surface area contributed by atoms with E-state index in [1.807, 2.05) is 18.2 Å². The van der Waals surface area contributed by atoms with Crippen molar-refractivity contribution in [2.45, 2.75) is 31.2 Å². The van der Waals surface area contributed by atoms with E-state index in [1.54, 1.807) is 0 Å². The van der Waals surface area contributed by atoms with E-state index in [-0.39, 0.29) is 11.5 Å². The Morgan fingerprint density at radius 2 is 1.92 bits per heavy atom. The minimum atomic E-state index is -0.298. The average Bonchev–Trinajstić information content (AvgIpc) is 3.26. The average molecular weight is 332 g/mol. The lowest BCUT2D eigenvalue weighted by Crippen LogP contribution is -2.38. The van der Waals surface area contributed by atoms with Gasteiger partial charge in [0.2, 0.25) is 0 Å². The van der Waals surface area contributed by atoms with Gasteiger partial charge in [-0.1, -0.05) is 31.0 Å². The third-order valence-corrected chi connectivity index (χ3v) is 5.69. The molecule has 0 amide bonds. The Balaban J connectivity index is 1.80. The van der Waals surface area contributed by atoms with Crippen molar-refractivity contribution in [2.75, 3.05) is 12.4 Å². The summed E-state index contributed by atoms with van der Waals surface area (Å²) in [6, 6.07) is 16.6. The summed E-state index contributed by atoms with van der Waals surface area (Å²) >= 11 is 0. The summed E-state index contributed by atoms with van der Waals surface area (Å²) < 4.78 is 7.26. The number of carbonyl (C=O) groups is 1. The fraction of sp³-hybridized carbons (Fsp3) is 0.286. The van der Waals surface area contributed by atoms with Crippen LogP contribution in [-0.4, -0.2) is 17.6 Å². The number of fused-ring (bicyclic) bond motifs is 6. The van der Waals surface area contributed by atoms with E-state index in [0.717, 1.165) is 24.2 Å². The lowest BCUT2D eigenvalue weighted by Gasteiger charge is -2.38. The fourth-order valence-electron chi connectivity index (χ4n) is 4.52. The summed E-state index contributed by atoms with van der Waals surface area (Å²) in [6.45, 7) is 0. The van der Waals surface area contributed by atoms with Crippen LogP contribution in [0.5, 0.6) is 0 Å². The summed E-state index contributed by atoms with van der Waals surface area (Å²) in [7, 11) is 1.42. The quantitative estimate of drug-likeness (QED) is 0.662. The summed E-state index contributed by atoms with van der Waals surface area (Å²) in [5.74, 6) is -0.298. The number of ether oxygens (including phenoxy) is 1. The number of hydrogen-bond donors (Lipinski definition) is 1. The molecule has 0 unspecified atom stereocenters. The van der Waals surface area contributed by atoms with Gasteiger partial charge in [-0.05, 0) is 43.2 Å². The Kier molecular flexibility index (Phi) is 2.99. The van der Waals surface area contributed by atoms with Crippen molar-refractivity contribution >= 4 is 22.6 Å². The summed E-state index contributed by atoms with van der Waals surface area (Å²) in [6.07, 6.45) is 4.68. The summed E-state index contributed by atoms with van der Waals surface area (Å²) in [5.41, 5.74) is 5.21. The largest absolute Gasteiger partial charge is 0.465 e. The van der Waals surface area contributed by atoms with Crippen LogP contribution >= 0.6 is 0 Å². The number of methoxy groups -OCH3 is 1. The van der Waals surface area contributed by atoms with Crippen molar-refractivity contribution in [2.24, 2.45) is 0 Å². The summed E-state index contributed by atoms with van der Waals surface area (Å²) in [5, 5.41) is 5.04. The second-order valence-corrected chi connectivity index (χ2v) is 7.06. The zero-order chi connectivity index (χ0) is 17.0. The molecule has 2 aliphatic rings. The van der Waals surface area contributed by atoms with Gasteiger partial charge in [-0.3, -0.25) is 0 Å². The topological polar surface area (TPSA) is 43.3 Å². The Bertz CT molecular complexity index is 996. The molecule has 0 bridgehead atoms. The van der Waals surface area contributed by atoms with Crippen LogP contribution in [0.25, 0.3) is 16.6 Å². The third-order valence-electron chi connectivity index (χ3n) is 5.69. The van der Waals surface area contributed by atoms with Gasteiger partial charge in [0, 0.05) is 11.1 Å². The van der Waals surface area contributed by atoms with Crippen molar-refractivity contribution in [3.05, 3.63) is 59.8 Å². The number of nitrogens with one attached hydrogen (secondary N) is 1. The number of anilines is 1. The number of benzene rings is 2. The van der Waals surface area contributed by atoms with E-state index in [9.17, 15) is 4.79 Å². The molecule has 4 heteroatoms. The molecule has 1 fully saturated rings. The molecule has 1 N–H and O–H groups in total. The van der Waals surface area contributed by atoms with Crippen LogP contribution in [0.3, 0.4) is 0 Å². The Morgan fingerprint density at radius 3 is 2.72 bits per heavy atom. The van der Waals surface area contributed by atoms with Crippen LogP contribution in [0.2, 0.25) is 0 Å². The molecular formula is C21H20N2O2. The van der Waals surface area contributed by atoms with Gasteiger partial charge in [-0.2, -0.15) is 0 Å². The number of rotatable bonds is 1. The smallest absolute Gasteiger partial charge is 0.337 e. The van der Waals surface area contributed by atoms with Crippen molar-refractivity contribution in [1.29, 1.82) is 0 Å². The molecule has 1 spiro atoms. The molecule has 25 heavy (non-hydrogen) atoms. The lowest BCUT2D eigenvalue weighted by atomic mass is 9.90. The molecule has 1 saturated carbocycles. The minimum Gasteiger partial charge on any atom is -0.465 e. The molecule has 2 heterocycles. The highest BCUT2D eigenvalue weighted by molar-refractivity contribution is 5.93. The first kappa shape index (κ1) is 14.6. The maximum absolute atomic E-state index is 12.0. The van der Waals surface area contributed by atoms with Crippen molar-refractivity contribution in [3.63, 3.8) is 0 Å². The molecule has 1 aliphatic carbocycles. The van der Waals surface area contributed by atoms with Gasteiger partial charge in [0.1, 0.15) is 0 Å². The van der Waals surface area contributed by atoms with E-state index < -0.39 is 0 Å². The van der Waals surface area contributed by atoms with Gasteiger partial charge in [0.05, 0.1) is 35.1 Å². The first-order valence-corrected chi connectivity index (χ1v) is 8.84. The van der Waals surface area contributed by atoms with Gasteiger partial charge in [0.15, 0.2) is 0 Å². The molecule has 0 saturated heterocycles. The highest BCUT2D eigenvalue weighted by Crippen LogP contribution is 2.48. The van der Waals surface area contributed by atoms with Gasteiger partial charge >= 0.3 is 5.97 Å². The monoisotopic (exact) mass is 332 g/mol. The van der Waals surface area contributed by atoms with E-state index in [1.165, 1.54) is 36.5 Å². The molecule has 2 aromatic carbocycles. The van der Waals surface area contributed by atoms with E-state index in [0.29, 0.717) is 5.56 Å². The van der Waals surface area contributed by atoms with Crippen LogP contribution in [0.15, 0.2) is 48.5 Å².